The minimum Gasteiger partial charge on any atom is -0.373 e. The number of hydrogen-bond acceptors (Lipinski definition) is 5. The largest absolute Gasteiger partial charge is 0.373 e. The van der Waals surface area contributed by atoms with Crippen molar-refractivity contribution in [2.24, 2.45) is 0 Å². The summed E-state index contributed by atoms with van der Waals surface area (Å²) in [7, 11) is 1.88. The Morgan fingerprint density at radius 1 is 1.10 bits per heavy atom. The molecule has 0 radical (unpaired) electrons. The summed E-state index contributed by atoms with van der Waals surface area (Å²) in [6.45, 7) is 2.15. The number of rotatable bonds is 4. The van der Waals surface area contributed by atoms with Gasteiger partial charge in [0.1, 0.15) is 11.6 Å². The summed E-state index contributed by atoms with van der Waals surface area (Å²) in [6, 6.07) is 5.93. The maximum atomic E-state index is 4.65. The standard InChI is InChI=1S/C16H19N5/c1-17-15-12-16(21-10-2-3-11-21)20-14(19-15)5-4-13-6-8-18-9-7-13/h4-9,12H,2-3,10-11H2,1H3,(H,17,19,20). The smallest absolute Gasteiger partial charge is 0.156 e. The molecule has 108 valence electrons. The molecule has 1 aliphatic heterocycles. The van der Waals surface area contributed by atoms with E-state index >= 15 is 0 Å². The predicted molar refractivity (Wildman–Crippen MR) is 86.2 cm³/mol. The van der Waals surface area contributed by atoms with E-state index in [1.807, 2.05) is 37.4 Å². The van der Waals surface area contributed by atoms with Crippen LogP contribution < -0.4 is 10.2 Å². The van der Waals surface area contributed by atoms with Crippen molar-refractivity contribution in [2.45, 2.75) is 12.8 Å². The van der Waals surface area contributed by atoms with E-state index < -0.39 is 0 Å². The van der Waals surface area contributed by atoms with Crippen LogP contribution in [0.1, 0.15) is 24.2 Å². The lowest BCUT2D eigenvalue weighted by atomic mass is 10.2. The van der Waals surface area contributed by atoms with Crippen molar-refractivity contribution in [1.29, 1.82) is 0 Å². The highest BCUT2D eigenvalue weighted by atomic mass is 15.2. The molecule has 0 spiro atoms. The summed E-state index contributed by atoms with van der Waals surface area (Å²) < 4.78 is 0. The van der Waals surface area contributed by atoms with Crippen molar-refractivity contribution in [3.63, 3.8) is 0 Å². The molecule has 0 amide bonds. The summed E-state index contributed by atoms with van der Waals surface area (Å²) in [5, 5.41) is 3.11. The molecule has 2 aromatic heterocycles. The van der Waals surface area contributed by atoms with E-state index in [1.54, 1.807) is 12.4 Å². The van der Waals surface area contributed by atoms with E-state index in [0.717, 1.165) is 36.1 Å². The zero-order chi connectivity index (χ0) is 14.5. The fourth-order valence-electron chi connectivity index (χ4n) is 2.41. The molecule has 0 unspecified atom stereocenters. The second-order valence-electron chi connectivity index (χ2n) is 5.03. The minimum absolute atomic E-state index is 0.723. The Bertz CT molecular complexity index is 618. The van der Waals surface area contributed by atoms with E-state index in [1.165, 1.54) is 12.8 Å². The van der Waals surface area contributed by atoms with Gasteiger partial charge in [-0.2, -0.15) is 0 Å². The Morgan fingerprint density at radius 2 is 1.86 bits per heavy atom. The predicted octanol–water partition coefficient (Wildman–Crippen LogP) is 2.68. The van der Waals surface area contributed by atoms with Gasteiger partial charge in [-0.25, -0.2) is 9.97 Å². The molecule has 5 heteroatoms. The molecule has 0 atom stereocenters. The summed E-state index contributed by atoms with van der Waals surface area (Å²) in [6.07, 6.45) is 9.97. The molecule has 1 aliphatic rings. The number of pyridine rings is 1. The van der Waals surface area contributed by atoms with E-state index in [-0.39, 0.29) is 0 Å². The van der Waals surface area contributed by atoms with Gasteiger partial charge >= 0.3 is 0 Å². The molecule has 1 N–H and O–H groups in total. The number of nitrogens with one attached hydrogen (secondary N) is 1. The Hall–Kier alpha value is -2.43. The average molecular weight is 281 g/mol. The summed E-state index contributed by atoms with van der Waals surface area (Å²) in [5.41, 5.74) is 1.09. The van der Waals surface area contributed by atoms with Crippen LogP contribution in [0.15, 0.2) is 30.6 Å². The monoisotopic (exact) mass is 281 g/mol. The zero-order valence-electron chi connectivity index (χ0n) is 12.2. The van der Waals surface area contributed by atoms with Crippen LogP contribution in [0.5, 0.6) is 0 Å². The highest BCUT2D eigenvalue weighted by molar-refractivity contribution is 5.68. The minimum atomic E-state index is 0.723. The normalized spacial score (nSPS) is 14.8. The lowest BCUT2D eigenvalue weighted by Gasteiger charge is -2.17. The Balaban J connectivity index is 1.87. The highest BCUT2D eigenvalue weighted by Gasteiger charge is 2.14. The molecule has 2 aromatic rings. The van der Waals surface area contributed by atoms with Crippen LogP contribution in [0.4, 0.5) is 11.6 Å². The van der Waals surface area contributed by atoms with Crippen LogP contribution in [0, 0.1) is 0 Å². The third kappa shape index (κ3) is 3.37. The third-order valence-corrected chi connectivity index (χ3v) is 3.55. The van der Waals surface area contributed by atoms with Gasteiger partial charge in [-0.05, 0) is 36.6 Å². The lowest BCUT2D eigenvalue weighted by molar-refractivity contribution is 0.924. The molecular weight excluding hydrogens is 262 g/mol. The maximum absolute atomic E-state index is 4.65. The SMILES string of the molecule is CNc1cc(N2CCCC2)nc(C=Cc2ccncc2)n1. The van der Waals surface area contributed by atoms with Crippen LogP contribution >= 0.6 is 0 Å². The molecule has 1 saturated heterocycles. The van der Waals surface area contributed by atoms with E-state index in [0.29, 0.717) is 0 Å². The third-order valence-electron chi connectivity index (χ3n) is 3.55. The van der Waals surface area contributed by atoms with Crippen molar-refractivity contribution in [2.75, 3.05) is 30.4 Å². The Morgan fingerprint density at radius 3 is 2.57 bits per heavy atom. The second-order valence-corrected chi connectivity index (χ2v) is 5.03. The number of hydrogen-bond donors (Lipinski definition) is 1. The van der Waals surface area contributed by atoms with Crippen LogP contribution in [0.3, 0.4) is 0 Å². The van der Waals surface area contributed by atoms with Crippen LogP contribution in [-0.4, -0.2) is 35.1 Å². The van der Waals surface area contributed by atoms with E-state index in [4.69, 9.17) is 0 Å². The fourth-order valence-corrected chi connectivity index (χ4v) is 2.41. The molecule has 3 rings (SSSR count). The zero-order valence-corrected chi connectivity index (χ0v) is 12.2. The highest BCUT2D eigenvalue weighted by Crippen LogP contribution is 2.21. The maximum Gasteiger partial charge on any atom is 0.156 e. The Labute approximate surface area is 124 Å². The fraction of sp³-hybridized carbons (Fsp3) is 0.312. The van der Waals surface area contributed by atoms with Crippen LogP contribution in [0.25, 0.3) is 12.2 Å². The van der Waals surface area contributed by atoms with Gasteiger partial charge in [0.05, 0.1) is 0 Å². The first kappa shape index (κ1) is 13.5. The van der Waals surface area contributed by atoms with Gasteiger partial charge in [-0.3, -0.25) is 4.98 Å². The van der Waals surface area contributed by atoms with Gasteiger partial charge in [0.2, 0.25) is 0 Å². The molecule has 1 fully saturated rings. The van der Waals surface area contributed by atoms with Gasteiger partial charge in [-0.1, -0.05) is 6.08 Å². The topological polar surface area (TPSA) is 53.9 Å². The number of aromatic nitrogens is 3. The van der Waals surface area contributed by atoms with Crippen LogP contribution in [-0.2, 0) is 0 Å². The van der Waals surface area contributed by atoms with Crippen molar-refractivity contribution < 1.29 is 0 Å². The first-order chi connectivity index (χ1) is 10.3. The Kier molecular flexibility index (Phi) is 4.09. The second kappa shape index (κ2) is 6.35. The average Bonchev–Trinajstić information content (AvgIpc) is 3.08. The van der Waals surface area contributed by atoms with Crippen molar-refractivity contribution in [1.82, 2.24) is 15.0 Å². The lowest BCUT2D eigenvalue weighted by Crippen LogP contribution is -2.19. The quantitative estimate of drug-likeness (QED) is 0.933. The molecular formula is C16H19N5. The van der Waals surface area contributed by atoms with Gasteiger partial charge in [-0.15, -0.1) is 0 Å². The first-order valence-corrected chi connectivity index (χ1v) is 7.25. The molecule has 3 heterocycles. The molecule has 0 aromatic carbocycles. The van der Waals surface area contributed by atoms with Crippen molar-refractivity contribution >= 4 is 23.8 Å². The summed E-state index contributed by atoms with van der Waals surface area (Å²) >= 11 is 0. The van der Waals surface area contributed by atoms with Crippen molar-refractivity contribution in [3.05, 3.63) is 42.0 Å². The van der Waals surface area contributed by atoms with Gasteiger partial charge in [0.15, 0.2) is 5.82 Å². The molecule has 21 heavy (non-hydrogen) atoms. The first-order valence-electron chi connectivity index (χ1n) is 7.25. The molecule has 0 bridgehead atoms. The van der Waals surface area contributed by atoms with E-state index in [2.05, 4.69) is 25.2 Å². The van der Waals surface area contributed by atoms with Gasteiger partial charge in [0, 0.05) is 38.6 Å². The van der Waals surface area contributed by atoms with Gasteiger partial charge in [0.25, 0.3) is 0 Å². The molecule has 5 nitrogen and oxygen atoms in total. The molecule has 0 aliphatic carbocycles. The number of anilines is 2. The van der Waals surface area contributed by atoms with Crippen LogP contribution in [0.2, 0.25) is 0 Å². The van der Waals surface area contributed by atoms with E-state index in [9.17, 15) is 0 Å². The number of nitrogens with zero attached hydrogens (tertiary/aromatic N) is 4. The van der Waals surface area contributed by atoms with Crippen molar-refractivity contribution in [3.8, 4) is 0 Å². The summed E-state index contributed by atoms with van der Waals surface area (Å²) in [5.74, 6) is 2.57. The summed E-state index contributed by atoms with van der Waals surface area (Å²) in [4.78, 5) is 15.5. The molecule has 0 saturated carbocycles. The van der Waals surface area contributed by atoms with Gasteiger partial charge < -0.3 is 10.2 Å².